The van der Waals surface area contributed by atoms with Gasteiger partial charge >= 0.3 is 0 Å². The fourth-order valence-electron chi connectivity index (χ4n) is 1.57. The predicted molar refractivity (Wildman–Crippen MR) is 98.5 cm³/mol. The van der Waals surface area contributed by atoms with Crippen LogP contribution >= 0.6 is 0 Å². The Balaban J connectivity index is 0. The Morgan fingerprint density at radius 2 is 1.56 bits per heavy atom. The van der Waals surface area contributed by atoms with Crippen LogP contribution in [0.25, 0.3) is 6.08 Å². The lowest BCUT2D eigenvalue weighted by Gasteiger charge is -2.10. The van der Waals surface area contributed by atoms with Crippen LogP contribution in [0.2, 0.25) is 0 Å². The van der Waals surface area contributed by atoms with Gasteiger partial charge in [0.15, 0.2) is 6.29 Å². The fraction of sp³-hybridized carbons (Fsp3) is 0.526. The third-order valence-electron chi connectivity index (χ3n) is 2.55. The van der Waals surface area contributed by atoms with E-state index in [0.717, 1.165) is 25.1 Å². The molecule has 1 rings (SSSR count). The molecular weight excluding hydrogens is 324 g/mol. The van der Waals surface area contributed by atoms with Crippen molar-refractivity contribution < 1.29 is 29.6 Å². The summed E-state index contributed by atoms with van der Waals surface area (Å²) in [6.07, 6.45) is 4.55. The van der Waals surface area contributed by atoms with Crippen molar-refractivity contribution in [1.82, 2.24) is 0 Å². The minimum absolute atomic E-state index is 0.00694. The molecule has 25 heavy (non-hydrogen) atoms. The van der Waals surface area contributed by atoms with Crippen LogP contribution in [0.5, 0.6) is 0 Å². The standard InChI is InChI=1S/C9H8O.C6H14O2.C4H10O3/c10-8-4-7-9-5-2-1-3-6-9;1-4-7-6(3)8-5-2;1-2-3-4(5,6)7/h1-8H;6H,4-5H2,1-3H3;5-7H,2-3H2,1H3/b7-4-;;. The molecule has 0 atom stereocenters. The average Bonchev–Trinajstić information content (AvgIpc) is 2.54. The molecule has 0 saturated heterocycles. The van der Waals surface area contributed by atoms with E-state index in [2.05, 4.69) is 0 Å². The van der Waals surface area contributed by atoms with Crippen molar-refractivity contribution in [3.8, 4) is 0 Å². The van der Waals surface area contributed by atoms with Crippen LogP contribution in [-0.2, 0) is 14.3 Å². The molecule has 0 amide bonds. The van der Waals surface area contributed by atoms with Gasteiger partial charge in [0.2, 0.25) is 0 Å². The number of ether oxygens (including phenoxy) is 2. The van der Waals surface area contributed by atoms with Crippen LogP contribution in [0, 0.1) is 0 Å². The van der Waals surface area contributed by atoms with Gasteiger partial charge in [-0.2, -0.15) is 0 Å². The van der Waals surface area contributed by atoms with E-state index >= 15 is 0 Å². The van der Waals surface area contributed by atoms with Crippen molar-refractivity contribution in [2.75, 3.05) is 13.2 Å². The van der Waals surface area contributed by atoms with Gasteiger partial charge in [0.25, 0.3) is 5.97 Å². The van der Waals surface area contributed by atoms with E-state index in [1.807, 2.05) is 51.1 Å². The summed E-state index contributed by atoms with van der Waals surface area (Å²) in [5.74, 6) is -2.45. The number of allylic oxidation sites excluding steroid dienone is 1. The third-order valence-corrected chi connectivity index (χ3v) is 2.55. The molecule has 0 radical (unpaired) electrons. The van der Waals surface area contributed by atoms with Crippen molar-refractivity contribution >= 4 is 12.4 Å². The molecule has 0 spiro atoms. The molecule has 0 heterocycles. The Hall–Kier alpha value is -1.57. The average molecular weight is 356 g/mol. The lowest BCUT2D eigenvalue weighted by atomic mass is 10.2. The first-order chi connectivity index (χ1) is 11.8. The molecule has 6 nitrogen and oxygen atoms in total. The van der Waals surface area contributed by atoms with E-state index in [9.17, 15) is 4.79 Å². The molecule has 0 saturated carbocycles. The van der Waals surface area contributed by atoms with Crippen LogP contribution in [0.1, 0.15) is 46.1 Å². The molecular formula is C19H32O6. The quantitative estimate of drug-likeness (QED) is 0.376. The first-order valence-corrected chi connectivity index (χ1v) is 8.37. The van der Waals surface area contributed by atoms with Crippen LogP contribution in [0.3, 0.4) is 0 Å². The maximum atomic E-state index is 9.89. The van der Waals surface area contributed by atoms with Crippen LogP contribution in [0.4, 0.5) is 0 Å². The lowest BCUT2D eigenvalue weighted by Crippen LogP contribution is -2.26. The van der Waals surface area contributed by atoms with Crippen molar-refractivity contribution in [1.29, 1.82) is 0 Å². The smallest absolute Gasteiger partial charge is 0.275 e. The summed E-state index contributed by atoms with van der Waals surface area (Å²) in [7, 11) is 0. The summed E-state index contributed by atoms with van der Waals surface area (Å²) in [4.78, 5) is 9.89. The number of hydrogen-bond donors (Lipinski definition) is 3. The molecule has 1 aromatic carbocycles. The Morgan fingerprint density at radius 1 is 1.04 bits per heavy atom. The summed E-state index contributed by atoms with van der Waals surface area (Å²) in [5, 5.41) is 24.4. The summed E-state index contributed by atoms with van der Waals surface area (Å²) in [5.41, 5.74) is 1.05. The number of aliphatic hydroxyl groups is 3. The van der Waals surface area contributed by atoms with Gasteiger partial charge < -0.3 is 24.8 Å². The molecule has 0 fully saturated rings. The summed E-state index contributed by atoms with van der Waals surface area (Å²) in [6.45, 7) is 9.00. The van der Waals surface area contributed by atoms with Crippen LogP contribution in [0.15, 0.2) is 36.4 Å². The van der Waals surface area contributed by atoms with E-state index in [0.29, 0.717) is 6.42 Å². The van der Waals surface area contributed by atoms with E-state index in [1.165, 1.54) is 6.08 Å². The van der Waals surface area contributed by atoms with Gasteiger partial charge in [0, 0.05) is 19.6 Å². The van der Waals surface area contributed by atoms with Gasteiger partial charge in [-0.25, -0.2) is 0 Å². The lowest BCUT2D eigenvalue weighted by molar-refractivity contribution is -0.314. The third kappa shape index (κ3) is 22.4. The van der Waals surface area contributed by atoms with E-state index in [-0.39, 0.29) is 12.7 Å². The van der Waals surface area contributed by atoms with Gasteiger partial charge in [-0.3, -0.25) is 4.79 Å². The predicted octanol–water partition coefficient (Wildman–Crippen LogP) is 2.72. The number of benzene rings is 1. The number of carbonyl (C=O) groups excluding carboxylic acids is 1. The first-order valence-electron chi connectivity index (χ1n) is 8.37. The summed E-state index contributed by atoms with van der Waals surface area (Å²) in [6, 6.07) is 9.70. The highest BCUT2D eigenvalue weighted by Crippen LogP contribution is 2.01. The number of aldehydes is 1. The highest BCUT2D eigenvalue weighted by atomic mass is 16.7. The van der Waals surface area contributed by atoms with E-state index in [4.69, 9.17) is 24.8 Å². The number of hydrogen-bond acceptors (Lipinski definition) is 6. The zero-order chi connectivity index (χ0) is 19.6. The molecule has 0 aromatic heterocycles. The number of rotatable bonds is 8. The van der Waals surface area contributed by atoms with Gasteiger partial charge in [-0.05, 0) is 38.8 Å². The monoisotopic (exact) mass is 356 g/mol. The minimum Gasteiger partial charge on any atom is -0.353 e. The van der Waals surface area contributed by atoms with Crippen molar-refractivity contribution in [2.24, 2.45) is 0 Å². The Morgan fingerprint density at radius 3 is 1.88 bits per heavy atom. The Kier molecular flexibility index (Phi) is 17.7. The van der Waals surface area contributed by atoms with Gasteiger partial charge in [-0.1, -0.05) is 43.3 Å². The van der Waals surface area contributed by atoms with Crippen molar-refractivity contribution in [3.63, 3.8) is 0 Å². The van der Waals surface area contributed by atoms with Crippen molar-refractivity contribution in [2.45, 2.75) is 52.8 Å². The normalized spacial score (nSPS) is 10.7. The zero-order valence-corrected chi connectivity index (χ0v) is 15.6. The summed E-state index contributed by atoms with van der Waals surface area (Å²) >= 11 is 0. The molecule has 0 aliphatic rings. The first kappa shape index (κ1) is 25.7. The van der Waals surface area contributed by atoms with Crippen LogP contribution < -0.4 is 0 Å². The second kappa shape index (κ2) is 17.3. The van der Waals surface area contributed by atoms with Gasteiger partial charge in [0.05, 0.1) is 0 Å². The highest BCUT2D eigenvalue weighted by molar-refractivity contribution is 5.73. The Labute approximate surface area is 150 Å². The minimum atomic E-state index is -2.45. The second-order valence-corrected chi connectivity index (χ2v) is 4.91. The Bertz CT molecular complexity index is 419. The second-order valence-electron chi connectivity index (χ2n) is 4.91. The molecule has 3 N–H and O–H groups in total. The molecule has 1 aromatic rings. The summed E-state index contributed by atoms with van der Waals surface area (Å²) < 4.78 is 10.1. The highest BCUT2D eigenvalue weighted by Gasteiger charge is 2.14. The van der Waals surface area contributed by atoms with E-state index in [1.54, 1.807) is 13.0 Å². The largest absolute Gasteiger partial charge is 0.353 e. The molecule has 0 aliphatic carbocycles. The maximum Gasteiger partial charge on any atom is 0.275 e. The van der Waals surface area contributed by atoms with Gasteiger partial charge in [-0.15, -0.1) is 0 Å². The molecule has 0 bridgehead atoms. The molecule has 144 valence electrons. The van der Waals surface area contributed by atoms with Gasteiger partial charge in [0.1, 0.15) is 6.29 Å². The van der Waals surface area contributed by atoms with Crippen LogP contribution in [-0.4, -0.2) is 47.1 Å². The molecule has 0 aliphatic heterocycles. The van der Waals surface area contributed by atoms with Crippen molar-refractivity contribution in [3.05, 3.63) is 42.0 Å². The maximum absolute atomic E-state index is 9.89. The van der Waals surface area contributed by atoms with E-state index < -0.39 is 5.97 Å². The molecule has 0 unspecified atom stereocenters. The SMILES string of the molecule is CCCC(O)(O)O.CCOC(C)OCC.O=C/C=C\c1ccccc1. The topological polar surface area (TPSA) is 96.2 Å². The molecule has 6 heteroatoms. The zero-order valence-electron chi connectivity index (χ0n) is 15.6. The fourth-order valence-corrected chi connectivity index (χ4v) is 1.57. The number of carbonyl (C=O) groups is 1.